The molecule has 0 bridgehead atoms. The topological polar surface area (TPSA) is 26.0 Å². The fraction of sp³-hybridized carbons (Fsp3) is 0.600. The molecule has 1 aromatic carbocycles. The highest BCUT2D eigenvalue weighted by atomic mass is 14.5. The van der Waals surface area contributed by atoms with Gasteiger partial charge in [0.25, 0.3) is 0 Å². The summed E-state index contributed by atoms with van der Waals surface area (Å²) in [7, 11) is 0. The Morgan fingerprint density at radius 1 is 1.06 bits per heavy atom. The maximum atomic E-state index is 5.73. The van der Waals surface area contributed by atoms with Gasteiger partial charge in [-0.2, -0.15) is 0 Å². The van der Waals surface area contributed by atoms with Gasteiger partial charge in [-0.05, 0) is 61.6 Å². The van der Waals surface area contributed by atoms with Gasteiger partial charge in [0.2, 0.25) is 0 Å². The molecule has 0 heterocycles. The number of hydrogen-bond donors (Lipinski definition) is 1. The Morgan fingerprint density at radius 3 is 2.19 bits per heavy atom. The number of benzene rings is 1. The normalized spacial score (nSPS) is 25.6. The summed E-state index contributed by atoms with van der Waals surface area (Å²) in [4.78, 5) is 0. The maximum Gasteiger partial charge on any atom is -0.00489 e. The molecule has 1 fully saturated rings. The van der Waals surface area contributed by atoms with Gasteiger partial charge in [-0.3, -0.25) is 0 Å². The third kappa shape index (κ3) is 2.65. The quantitative estimate of drug-likeness (QED) is 0.824. The van der Waals surface area contributed by atoms with E-state index < -0.39 is 0 Å². The molecular weight excluding hydrogens is 194 g/mol. The van der Waals surface area contributed by atoms with Crippen LogP contribution in [-0.4, -0.2) is 6.54 Å². The smallest absolute Gasteiger partial charge is 0.00489 e. The SMILES string of the molecule is CCc1ccc(C2CCC(CN)CC2)cc1. The molecule has 0 aromatic heterocycles. The van der Waals surface area contributed by atoms with E-state index in [2.05, 4.69) is 31.2 Å². The van der Waals surface area contributed by atoms with Crippen LogP contribution in [0, 0.1) is 5.92 Å². The van der Waals surface area contributed by atoms with Crippen molar-refractivity contribution in [2.24, 2.45) is 11.7 Å². The summed E-state index contributed by atoms with van der Waals surface area (Å²) in [5, 5.41) is 0. The second-order valence-corrected chi connectivity index (χ2v) is 5.05. The summed E-state index contributed by atoms with van der Waals surface area (Å²) in [6, 6.07) is 9.22. The van der Waals surface area contributed by atoms with Crippen molar-refractivity contribution in [3.05, 3.63) is 35.4 Å². The molecule has 0 aliphatic heterocycles. The van der Waals surface area contributed by atoms with Crippen molar-refractivity contribution in [2.45, 2.75) is 44.9 Å². The van der Waals surface area contributed by atoms with Crippen molar-refractivity contribution in [1.82, 2.24) is 0 Å². The lowest BCUT2D eigenvalue weighted by Gasteiger charge is -2.28. The average Bonchev–Trinajstić information content (AvgIpc) is 2.39. The van der Waals surface area contributed by atoms with E-state index in [4.69, 9.17) is 5.73 Å². The molecule has 2 rings (SSSR count). The van der Waals surface area contributed by atoms with Crippen molar-refractivity contribution < 1.29 is 0 Å². The van der Waals surface area contributed by atoms with E-state index in [1.54, 1.807) is 0 Å². The van der Waals surface area contributed by atoms with Crippen LogP contribution < -0.4 is 5.73 Å². The van der Waals surface area contributed by atoms with Crippen LogP contribution in [0.1, 0.15) is 49.7 Å². The van der Waals surface area contributed by atoms with Crippen LogP contribution in [0.3, 0.4) is 0 Å². The lowest BCUT2D eigenvalue weighted by atomic mass is 9.78. The van der Waals surface area contributed by atoms with E-state index >= 15 is 0 Å². The van der Waals surface area contributed by atoms with Gasteiger partial charge in [-0.15, -0.1) is 0 Å². The Morgan fingerprint density at radius 2 is 1.69 bits per heavy atom. The first kappa shape index (κ1) is 11.7. The molecule has 0 radical (unpaired) electrons. The van der Waals surface area contributed by atoms with E-state index in [1.165, 1.54) is 36.8 Å². The molecule has 0 amide bonds. The molecule has 0 spiro atoms. The first-order valence-electron chi connectivity index (χ1n) is 6.62. The number of nitrogens with two attached hydrogens (primary N) is 1. The maximum absolute atomic E-state index is 5.73. The highest BCUT2D eigenvalue weighted by Crippen LogP contribution is 2.35. The van der Waals surface area contributed by atoms with E-state index in [0.29, 0.717) is 0 Å². The first-order chi connectivity index (χ1) is 7.83. The summed E-state index contributed by atoms with van der Waals surface area (Å²) < 4.78 is 0. The van der Waals surface area contributed by atoms with Gasteiger partial charge in [0, 0.05) is 0 Å². The Balaban J connectivity index is 1.97. The predicted molar refractivity (Wildman–Crippen MR) is 69.6 cm³/mol. The molecule has 0 unspecified atom stereocenters. The van der Waals surface area contributed by atoms with Crippen LogP contribution in [0.25, 0.3) is 0 Å². The fourth-order valence-corrected chi connectivity index (χ4v) is 2.76. The van der Waals surface area contributed by atoms with Gasteiger partial charge in [0.05, 0.1) is 0 Å². The second-order valence-electron chi connectivity index (χ2n) is 5.05. The molecule has 16 heavy (non-hydrogen) atoms. The standard InChI is InChI=1S/C15H23N/c1-2-12-3-7-14(8-4-12)15-9-5-13(11-16)6-10-15/h3-4,7-8,13,15H,2,5-6,9-11,16H2,1H3. The minimum Gasteiger partial charge on any atom is -0.330 e. The van der Waals surface area contributed by atoms with Crippen molar-refractivity contribution in [1.29, 1.82) is 0 Å². The van der Waals surface area contributed by atoms with Gasteiger partial charge in [-0.1, -0.05) is 31.2 Å². The molecule has 88 valence electrons. The molecular formula is C15H23N. The number of hydrogen-bond acceptors (Lipinski definition) is 1. The average molecular weight is 217 g/mol. The summed E-state index contributed by atoms with van der Waals surface area (Å²) in [5.74, 6) is 1.57. The Kier molecular flexibility index (Phi) is 4.00. The zero-order valence-electron chi connectivity index (χ0n) is 10.3. The molecule has 1 heteroatoms. The van der Waals surface area contributed by atoms with E-state index in [0.717, 1.165) is 24.8 Å². The Hall–Kier alpha value is -0.820. The third-order valence-corrected chi connectivity index (χ3v) is 4.04. The highest BCUT2D eigenvalue weighted by Gasteiger charge is 2.21. The summed E-state index contributed by atoms with van der Waals surface area (Å²) in [6.45, 7) is 3.09. The zero-order valence-corrected chi connectivity index (χ0v) is 10.3. The van der Waals surface area contributed by atoms with Crippen LogP contribution in [0.4, 0.5) is 0 Å². The number of aryl methyl sites for hydroxylation is 1. The van der Waals surface area contributed by atoms with Gasteiger partial charge < -0.3 is 5.73 Å². The van der Waals surface area contributed by atoms with E-state index in [-0.39, 0.29) is 0 Å². The van der Waals surface area contributed by atoms with Crippen molar-refractivity contribution >= 4 is 0 Å². The second kappa shape index (κ2) is 5.49. The Labute approximate surface area is 99.0 Å². The van der Waals surface area contributed by atoms with Gasteiger partial charge in [0.1, 0.15) is 0 Å². The minimum atomic E-state index is 0.783. The van der Waals surface area contributed by atoms with Crippen molar-refractivity contribution in [2.75, 3.05) is 6.54 Å². The minimum absolute atomic E-state index is 0.783. The van der Waals surface area contributed by atoms with Crippen LogP contribution in [0.5, 0.6) is 0 Å². The van der Waals surface area contributed by atoms with Gasteiger partial charge in [-0.25, -0.2) is 0 Å². The van der Waals surface area contributed by atoms with Gasteiger partial charge >= 0.3 is 0 Å². The number of rotatable bonds is 3. The van der Waals surface area contributed by atoms with Crippen LogP contribution >= 0.6 is 0 Å². The predicted octanol–water partition coefficient (Wildman–Crippen LogP) is 3.48. The zero-order chi connectivity index (χ0) is 11.4. The van der Waals surface area contributed by atoms with Crippen molar-refractivity contribution in [3.63, 3.8) is 0 Å². The highest BCUT2D eigenvalue weighted by molar-refractivity contribution is 5.25. The van der Waals surface area contributed by atoms with E-state index in [1.807, 2.05) is 0 Å². The van der Waals surface area contributed by atoms with Crippen molar-refractivity contribution in [3.8, 4) is 0 Å². The lowest BCUT2D eigenvalue weighted by Crippen LogP contribution is -2.20. The molecule has 1 aromatic rings. The fourth-order valence-electron chi connectivity index (χ4n) is 2.76. The molecule has 1 nitrogen and oxygen atoms in total. The van der Waals surface area contributed by atoms with E-state index in [9.17, 15) is 0 Å². The molecule has 1 aliphatic rings. The van der Waals surface area contributed by atoms with Gasteiger partial charge in [0.15, 0.2) is 0 Å². The third-order valence-electron chi connectivity index (χ3n) is 4.04. The van der Waals surface area contributed by atoms with Crippen LogP contribution in [0.2, 0.25) is 0 Å². The molecule has 1 aliphatic carbocycles. The summed E-state index contributed by atoms with van der Waals surface area (Å²) in [5.41, 5.74) is 8.70. The molecule has 0 saturated heterocycles. The lowest BCUT2D eigenvalue weighted by molar-refractivity contribution is 0.333. The molecule has 2 N–H and O–H groups in total. The Bertz CT molecular complexity index is 307. The summed E-state index contributed by atoms with van der Waals surface area (Å²) in [6.07, 6.45) is 6.42. The van der Waals surface area contributed by atoms with Crippen LogP contribution in [0.15, 0.2) is 24.3 Å². The summed E-state index contributed by atoms with van der Waals surface area (Å²) >= 11 is 0. The van der Waals surface area contributed by atoms with Crippen LogP contribution in [-0.2, 0) is 6.42 Å². The molecule has 0 atom stereocenters. The first-order valence-corrected chi connectivity index (χ1v) is 6.62. The molecule has 1 saturated carbocycles. The largest absolute Gasteiger partial charge is 0.330 e. The monoisotopic (exact) mass is 217 g/mol.